The maximum atomic E-state index is 12.0. The molecule has 0 atom stereocenters. The van der Waals surface area contributed by atoms with Crippen LogP contribution in [0.15, 0.2) is 91.0 Å². The first-order valence-corrected chi connectivity index (χ1v) is 17.4. The summed E-state index contributed by atoms with van der Waals surface area (Å²) in [5, 5.41) is 17.2. The minimum atomic E-state index is -0.0267. The number of phenolic OH excluding ortho intramolecular Hbond substituents is 1. The molecule has 0 unspecified atom stereocenters. The largest absolute Gasteiger partial charge is 0.679 e. The summed E-state index contributed by atoms with van der Waals surface area (Å²) in [5.74, 6) is 1.06. The molecule has 3 nitrogen and oxygen atoms in total. The van der Waals surface area contributed by atoms with Crippen LogP contribution in [0.5, 0.6) is 5.75 Å². The van der Waals surface area contributed by atoms with Gasteiger partial charge >= 0.3 is 0 Å². The van der Waals surface area contributed by atoms with Crippen molar-refractivity contribution in [1.82, 2.24) is 4.98 Å². The molecule has 0 bridgehead atoms. The van der Waals surface area contributed by atoms with E-state index in [9.17, 15) is 5.11 Å². The van der Waals surface area contributed by atoms with Gasteiger partial charge in [0, 0.05) is 48.2 Å². The van der Waals surface area contributed by atoms with Crippen LogP contribution in [0.3, 0.4) is 0 Å². The SMILES string of the molecule is Cc1cc(-c2cc(C(C)(C)C)cc(C(C)(C)C)c2)c(O)c(-c2ccccc2-c2cccc(C[N-]c3c(C(C)C)cccc3C(C)C)n2)c1.[CH3-].[CH3-].[Hf]. The molecule has 5 rings (SSSR count). The van der Waals surface area contributed by atoms with Crippen molar-refractivity contribution in [3.63, 3.8) is 0 Å². The number of hydrogen-bond donors (Lipinski definition) is 1. The van der Waals surface area contributed by atoms with E-state index in [1.54, 1.807) is 0 Å². The molecule has 1 N–H and O–H groups in total. The molecule has 0 fully saturated rings. The number of hydrogen-bond acceptors (Lipinski definition) is 2. The molecular weight excluding hydrogens is 787 g/mol. The van der Waals surface area contributed by atoms with E-state index in [0.29, 0.717) is 18.4 Å². The Labute approximate surface area is 329 Å². The summed E-state index contributed by atoms with van der Waals surface area (Å²) in [5.41, 5.74) is 13.6. The summed E-state index contributed by atoms with van der Waals surface area (Å²) in [7, 11) is 0. The van der Waals surface area contributed by atoms with E-state index < -0.39 is 0 Å². The molecule has 0 aliphatic heterocycles. The minimum absolute atomic E-state index is 0. The zero-order valence-corrected chi connectivity index (χ0v) is 37.0. The average Bonchev–Trinajstić information content (AvgIpc) is 3.03. The molecule has 5 aromatic rings. The molecule has 0 amide bonds. The Balaban J connectivity index is 0.00000300. The molecule has 0 radical (unpaired) electrons. The van der Waals surface area contributed by atoms with E-state index >= 15 is 0 Å². The van der Waals surface area contributed by atoms with Crippen molar-refractivity contribution in [3.8, 4) is 39.3 Å². The summed E-state index contributed by atoms with van der Waals surface area (Å²) in [4.78, 5) is 5.13. The standard InChI is InChI=1S/C45H53N2O.2CH3.Hf/c1-28(2)35-19-15-20-36(29(3)4)42(35)46-27-34-16-14-21-41(47-34)38-18-13-12-17-37(38)40-23-30(5)22-39(43(40)48)31-24-32(44(6,7)8)26-33(25-31)45(9,10)11;;;/h12-26,28-29H,27H2,1-11H3,(H,47,48);2*1H3;/q3*-1;. The van der Waals surface area contributed by atoms with Crippen LogP contribution in [0.25, 0.3) is 38.8 Å². The average molecular weight is 846 g/mol. The zero-order valence-electron chi connectivity index (χ0n) is 33.4. The first-order chi connectivity index (χ1) is 22.5. The van der Waals surface area contributed by atoms with Crippen molar-refractivity contribution in [2.75, 3.05) is 0 Å². The summed E-state index contributed by atoms with van der Waals surface area (Å²) in [6, 6.07) is 32.0. The summed E-state index contributed by atoms with van der Waals surface area (Å²) >= 11 is 0. The third-order valence-electron chi connectivity index (χ3n) is 9.27. The molecule has 51 heavy (non-hydrogen) atoms. The van der Waals surface area contributed by atoms with Crippen LogP contribution in [0, 0.1) is 21.8 Å². The molecule has 4 heteroatoms. The van der Waals surface area contributed by atoms with Gasteiger partial charge in [-0.25, -0.2) is 0 Å². The van der Waals surface area contributed by atoms with E-state index in [0.717, 1.165) is 50.5 Å². The molecule has 1 aromatic heterocycles. The summed E-state index contributed by atoms with van der Waals surface area (Å²) in [6.45, 7) is 25.0. The maximum absolute atomic E-state index is 12.0. The second-order valence-corrected chi connectivity index (χ2v) is 16.0. The first-order valence-electron chi connectivity index (χ1n) is 17.4. The van der Waals surface area contributed by atoms with Crippen LogP contribution >= 0.6 is 0 Å². The Kier molecular flexibility index (Phi) is 14.8. The van der Waals surface area contributed by atoms with Crippen molar-refractivity contribution < 1.29 is 30.9 Å². The third-order valence-corrected chi connectivity index (χ3v) is 9.27. The monoisotopic (exact) mass is 847 g/mol. The van der Waals surface area contributed by atoms with Gasteiger partial charge in [-0.2, -0.15) is 0 Å². The number of nitrogens with zero attached hydrogens (tertiary/aromatic N) is 2. The Morgan fingerprint density at radius 3 is 1.67 bits per heavy atom. The Bertz CT molecular complexity index is 1870. The number of pyridine rings is 1. The van der Waals surface area contributed by atoms with Crippen molar-refractivity contribution in [2.24, 2.45) is 0 Å². The van der Waals surface area contributed by atoms with Gasteiger partial charge in [-0.15, -0.1) is 5.69 Å². The fraction of sp³-hybridized carbons (Fsp3) is 0.340. The molecule has 0 spiro atoms. The van der Waals surface area contributed by atoms with Gasteiger partial charge in [-0.05, 0) is 81.7 Å². The number of phenols is 1. The zero-order chi connectivity index (χ0) is 35.0. The van der Waals surface area contributed by atoms with Gasteiger partial charge in [0.05, 0.1) is 5.69 Å². The summed E-state index contributed by atoms with van der Waals surface area (Å²) < 4.78 is 0. The predicted molar refractivity (Wildman–Crippen MR) is 219 cm³/mol. The normalized spacial score (nSPS) is 11.5. The molecule has 0 saturated carbocycles. The number of benzene rings is 4. The van der Waals surface area contributed by atoms with Gasteiger partial charge in [-0.1, -0.05) is 154 Å². The third kappa shape index (κ3) is 9.89. The molecule has 1 heterocycles. The van der Waals surface area contributed by atoms with E-state index in [2.05, 4.69) is 155 Å². The first kappa shape index (κ1) is 43.7. The van der Waals surface area contributed by atoms with Gasteiger partial charge in [0.15, 0.2) is 0 Å². The molecule has 0 saturated heterocycles. The van der Waals surface area contributed by atoms with Crippen LogP contribution in [0.2, 0.25) is 0 Å². The number of aromatic hydroxyl groups is 1. The maximum Gasteiger partial charge on any atom is 0.131 e. The van der Waals surface area contributed by atoms with E-state index in [4.69, 9.17) is 10.3 Å². The van der Waals surface area contributed by atoms with Gasteiger partial charge in [0.2, 0.25) is 0 Å². The van der Waals surface area contributed by atoms with Gasteiger partial charge in [-0.3, -0.25) is 4.98 Å². The smallest absolute Gasteiger partial charge is 0.131 e. The van der Waals surface area contributed by atoms with Crippen molar-refractivity contribution in [1.29, 1.82) is 0 Å². The van der Waals surface area contributed by atoms with Gasteiger partial charge < -0.3 is 25.3 Å². The van der Waals surface area contributed by atoms with Crippen molar-refractivity contribution in [2.45, 2.75) is 105 Å². The predicted octanol–water partition coefficient (Wildman–Crippen LogP) is 14.0. The summed E-state index contributed by atoms with van der Waals surface area (Å²) in [6.07, 6.45) is 0. The van der Waals surface area contributed by atoms with Gasteiger partial charge in [0.1, 0.15) is 5.75 Å². The fourth-order valence-corrected chi connectivity index (χ4v) is 6.37. The van der Waals surface area contributed by atoms with Crippen molar-refractivity contribution in [3.05, 3.63) is 145 Å². The van der Waals surface area contributed by atoms with Crippen LogP contribution in [-0.2, 0) is 43.2 Å². The van der Waals surface area contributed by atoms with Crippen molar-refractivity contribution >= 4 is 5.69 Å². The van der Waals surface area contributed by atoms with Crippen LogP contribution < -0.4 is 0 Å². The van der Waals surface area contributed by atoms with E-state index in [1.165, 1.54) is 22.3 Å². The molecule has 0 aliphatic carbocycles. The van der Waals surface area contributed by atoms with Crippen LogP contribution in [-0.4, -0.2) is 10.1 Å². The second-order valence-electron chi connectivity index (χ2n) is 16.0. The Morgan fingerprint density at radius 2 is 1.14 bits per heavy atom. The van der Waals surface area contributed by atoms with Crippen LogP contribution in [0.1, 0.15) is 115 Å². The number of para-hydroxylation sites is 1. The molecular formula is C47H59HfN2O-3. The molecule has 0 aliphatic rings. The minimum Gasteiger partial charge on any atom is -0.679 e. The fourth-order valence-electron chi connectivity index (χ4n) is 6.37. The Hall–Kier alpha value is -3.50. The molecule has 4 aromatic carbocycles. The number of aryl methyl sites for hydroxylation is 1. The second kappa shape index (κ2) is 17.3. The van der Waals surface area contributed by atoms with Gasteiger partial charge in [0.25, 0.3) is 0 Å². The van der Waals surface area contributed by atoms with Crippen LogP contribution in [0.4, 0.5) is 5.69 Å². The number of rotatable bonds is 8. The van der Waals surface area contributed by atoms with E-state index in [1.807, 2.05) is 12.1 Å². The Morgan fingerprint density at radius 1 is 0.627 bits per heavy atom. The molecule has 270 valence electrons. The topological polar surface area (TPSA) is 47.2 Å². The number of aromatic nitrogens is 1. The van der Waals surface area contributed by atoms with E-state index in [-0.39, 0.29) is 57.3 Å². The quantitative estimate of drug-likeness (QED) is 0.125.